The molecule has 568 valence electrons. The van der Waals surface area contributed by atoms with E-state index < -0.39 is 287 Å². The molecule has 6 aliphatic heterocycles. The summed E-state index contributed by atoms with van der Waals surface area (Å²) in [4.78, 5) is 28.4. The predicted octanol–water partition coefficient (Wildman–Crippen LogP) is -6.98. The molecule has 4 saturated carbocycles. The molecule has 0 unspecified atom stereocenters. The Morgan fingerprint density at radius 1 is 0.535 bits per heavy atom. The van der Waals surface area contributed by atoms with E-state index in [1.165, 1.54) is 6.92 Å². The molecule has 0 radical (unpaired) electrons. The van der Waals surface area contributed by atoms with Crippen LogP contribution in [0.25, 0.3) is 0 Å². The van der Waals surface area contributed by atoms with Crippen molar-refractivity contribution in [2.24, 2.45) is 50.2 Å². The molecule has 0 bridgehead atoms. The van der Waals surface area contributed by atoms with E-state index in [2.05, 4.69) is 33.8 Å². The van der Waals surface area contributed by atoms with Gasteiger partial charge in [0.05, 0.1) is 77.3 Å². The Bertz CT molecular complexity index is 2830. The summed E-state index contributed by atoms with van der Waals surface area (Å²) >= 11 is 0. The van der Waals surface area contributed by atoms with Gasteiger partial charge < -0.3 is 159 Å². The Hall–Kier alpha value is -2.52. The second-order valence-corrected chi connectivity index (χ2v) is 31.2. The van der Waals surface area contributed by atoms with Gasteiger partial charge in [0.1, 0.15) is 109 Å². The van der Waals surface area contributed by atoms with Gasteiger partial charge in [0.2, 0.25) is 6.29 Å². The van der Waals surface area contributed by atoms with E-state index in [9.17, 15) is 102 Å². The van der Waals surface area contributed by atoms with Gasteiger partial charge in [-0.2, -0.15) is 0 Å². The third-order valence-electron chi connectivity index (χ3n) is 25.0. The van der Waals surface area contributed by atoms with Crippen LogP contribution in [0.1, 0.15) is 99.8 Å². The van der Waals surface area contributed by atoms with Gasteiger partial charge in [-0.3, -0.25) is 9.59 Å². The number of aliphatic hydroxyl groups excluding tert-OH is 18. The Kier molecular flexibility index (Phi) is 22.7. The first-order valence-corrected chi connectivity index (χ1v) is 34.3. The summed E-state index contributed by atoms with van der Waals surface area (Å²) in [6, 6.07) is 0. The predicted molar refractivity (Wildman–Crippen MR) is 324 cm³/mol. The summed E-state index contributed by atoms with van der Waals surface area (Å²) < 4.78 is 76.5. The van der Waals surface area contributed by atoms with Gasteiger partial charge >= 0.3 is 11.9 Å². The first-order valence-electron chi connectivity index (χ1n) is 34.3. The van der Waals surface area contributed by atoms with Gasteiger partial charge in [0.15, 0.2) is 43.7 Å². The number of carbonyl (C=O) groups is 2. The largest absolute Gasteiger partial charge is 0.457 e. The van der Waals surface area contributed by atoms with E-state index in [0.717, 1.165) is 12.5 Å². The summed E-state index contributed by atoms with van der Waals surface area (Å²) in [5, 5.41) is 212. The summed E-state index contributed by atoms with van der Waals surface area (Å²) in [6.45, 7) is 6.95. The van der Waals surface area contributed by atoms with Gasteiger partial charge in [-0.05, 0) is 97.7 Å². The SMILES string of the molecule is CC(=O)O[C@H]1[C@@H](O)[C@H](O[C@H]2[C@H](OC(=O)[C@]34CCC(C)(C)C[C@@H]3C3=CC[C@@H]5[C@@]6(C)C[C@H](O)[C@H](O[C@@H]7O[C@H](CO)[C@@H](O)[C@H](O[C@@H]8O[C@H](CO)[C@@H](O)[C@H](O)[C@H]8O)[C@H]7O)C(CO)(CO)[C@H]6CC[C@@]5(C)[C@]3(C)C[C@H]4O)OC[C@H](O)[C@@H]2O)O[C@@H](C)[C@@H]1O[C@@H]1OC[C@@H](O)[C@H](O[C@@H]2OC[C@](O)(CO)[C@H]2O)[C@H]1O. The van der Waals surface area contributed by atoms with Crippen molar-refractivity contribution < 1.29 is 168 Å². The number of hydrogen-bond acceptors (Lipinski definition) is 34. The van der Waals surface area contributed by atoms with E-state index >= 15 is 4.79 Å². The van der Waals surface area contributed by atoms with Crippen LogP contribution in [0.15, 0.2) is 11.6 Å². The molecule has 0 spiro atoms. The minimum absolute atomic E-state index is 0.00279. The molecule has 0 aromatic carbocycles. The zero-order valence-corrected chi connectivity index (χ0v) is 56.4. The lowest BCUT2D eigenvalue weighted by Gasteiger charge is -2.72. The molecule has 11 aliphatic rings. The molecule has 0 aromatic rings. The van der Waals surface area contributed by atoms with Crippen molar-refractivity contribution in [1.29, 1.82) is 0 Å². The Labute approximate surface area is 570 Å². The smallest absolute Gasteiger partial charge is 0.317 e. The number of hydrogen-bond donors (Lipinski definition) is 19. The molecular formula is C65H104O34. The highest BCUT2D eigenvalue weighted by Crippen LogP contribution is 2.76. The summed E-state index contributed by atoms with van der Waals surface area (Å²) in [5.74, 6) is -3.52. The van der Waals surface area contributed by atoms with Crippen LogP contribution in [0.5, 0.6) is 0 Å². The number of rotatable bonds is 18. The normalized spacial score (nSPS) is 52.7. The topological polar surface area (TPSA) is 539 Å². The zero-order chi connectivity index (χ0) is 72.3. The first-order chi connectivity index (χ1) is 46.5. The Morgan fingerprint density at radius 3 is 1.76 bits per heavy atom. The van der Waals surface area contributed by atoms with Gasteiger partial charge in [-0.15, -0.1) is 0 Å². The van der Waals surface area contributed by atoms with Crippen molar-refractivity contribution in [2.75, 3.05) is 52.9 Å². The summed E-state index contributed by atoms with van der Waals surface area (Å²) in [7, 11) is 0. The Balaban J connectivity index is 0.818. The average Bonchev–Trinajstić information content (AvgIpc) is 0.965. The van der Waals surface area contributed by atoms with Crippen LogP contribution < -0.4 is 0 Å². The molecule has 11 rings (SSSR count). The van der Waals surface area contributed by atoms with Gasteiger partial charge in [0.25, 0.3) is 0 Å². The van der Waals surface area contributed by atoms with Crippen LogP contribution in [-0.2, 0) is 71.2 Å². The third-order valence-corrected chi connectivity index (χ3v) is 25.0. The molecule has 6 saturated heterocycles. The molecule has 0 aromatic heterocycles. The van der Waals surface area contributed by atoms with Crippen LogP contribution in [0.3, 0.4) is 0 Å². The number of fused-ring (bicyclic) bond motifs is 7. The second kappa shape index (κ2) is 29.0. The highest BCUT2D eigenvalue weighted by Gasteiger charge is 2.74. The van der Waals surface area contributed by atoms with Crippen molar-refractivity contribution in [3.05, 3.63) is 11.6 Å². The molecular weight excluding hydrogens is 1320 g/mol. The summed E-state index contributed by atoms with van der Waals surface area (Å²) in [5.41, 5.74) is -7.53. The minimum atomic E-state index is -2.11. The molecule has 5 aliphatic carbocycles. The maximum atomic E-state index is 15.7. The van der Waals surface area contributed by atoms with Crippen LogP contribution in [0.2, 0.25) is 0 Å². The number of allylic oxidation sites excluding steroid dienone is 2. The number of carbonyl (C=O) groups excluding carboxylic acids is 2. The average molecular weight is 1430 g/mol. The molecule has 34 nitrogen and oxygen atoms in total. The summed E-state index contributed by atoms with van der Waals surface area (Å²) in [6.07, 6.45) is -44.0. The van der Waals surface area contributed by atoms with Crippen LogP contribution >= 0.6 is 0 Å². The van der Waals surface area contributed by atoms with Gasteiger partial charge in [0, 0.05) is 12.3 Å². The number of ether oxygens (including phenoxy) is 13. The fourth-order valence-corrected chi connectivity index (χ4v) is 19.2. The third kappa shape index (κ3) is 13.1. The maximum Gasteiger partial charge on any atom is 0.317 e. The highest BCUT2D eigenvalue weighted by atomic mass is 16.8. The van der Waals surface area contributed by atoms with E-state index in [1.807, 2.05) is 6.92 Å². The molecule has 19 N–H and O–H groups in total. The minimum Gasteiger partial charge on any atom is -0.457 e. The zero-order valence-electron chi connectivity index (χ0n) is 56.4. The fraction of sp³-hybridized carbons (Fsp3) is 0.938. The van der Waals surface area contributed by atoms with Gasteiger partial charge in [-0.1, -0.05) is 46.3 Å². The molecule has 34 heteroatoms. The fourth-order valence-electron chi connectivity index (χ4n) is 19.2. The van der Waals surface area contributed by atoms with Crippen LogP contribution in [0.4, 0.5) is 0 Å². The quantitative estimate of drug-likeness (QED) is 0.0344. The number of esters is 2. The van der Waals surface area contributed by atoms with E-state index in [1.54, 1.807) is 0 Å². The molecule has 99 heavy (non-hydrogen) atoms. The van der Waals surface area contributed by atoms with E-state index in [-0.39, 0.29) is 25.2 Å². The maximum absolute atomic E-state index is 15.7. The molecule has 10 fully saturated rings. The van der Waals surface area contributed by atoms with Crippen molar-refractivity contribution in [2.45, 2.75) is 277 Å². The molecule has 36 atom stereocenters. The molecule has 0 amide bonds. The van der Waals surface area contributed by atoms with Crippen LogP contribution in [0, 0.1) is 50.2 Å². The van der Waals surface area contributed by atoms with Crippen molar-refractivity contribution in [3.63, 3.8) is 0 Å². The number of aliphatic hydroxyl groups is 19. The van der Waals surface area contributed by atoms with E-state index in [4.69, 9.17) is 61.6 Å². The van der Waals surface area contributed by atoms with E-state index in [0.29, 0.717) is 32.1 Å². The van der Waals surface area contributed by atoms with Crippen molar-refractivity contribution in [1.82, 2.24) is 0 Å². The molecule has 6 heterocycles. The highest BCUT2D eigenvalue weighted by molar-refractivity contribution is 5.80. The van der Waals surface area contributed by atoms with Gasteiger partial charge in [-0.25, -0.2) is 0 Å². The van der Waals surface area contributed by atoms with Crippen molar-refractivity contribution >= 4 is 11.9 Å². The van der Waals surface area contributed by atoms with Crippen LogP contribution in [-0.4, -0.2) is 339 Å². The lowest BCUT2D eigenvalue weighted by atomic mass is 9.33. The Morgan fingerprint density at radius 2 is 1.12 bits per heavy atom. The van der Waals surface area contributed by atoms with Crippen molar-refractivity contribution in [3.8, 4) is 0 Å². The monoisotopic (exact) mass is 1430 g/mol. The first kappa shape index (κ1) is 77.6. The second-order valence-electron chi connectivity index (χ2n) is 31.2. The lowest BCUT2D eigenvalue weighted by Crippen LogP contribution is -2.72. The lowest BCUT2D eigenvalue weighted by molar-refractivity contribution is -0.377. The standard InChI is InChI=1S/C65H104O34/c1-25-45(94-52-42(81)46(31(74)20-87-52)95-57-50(84)64(86,23-70)24-89-57)48(91-26(2)71)44(83)54(90-25)97-49-37(76)30(73)19-88-56(49)99-58(85)65-13-12-59(3,4)14-28(65)27-8-9-34-60(5)15-29(72)51(63(21-68,22-69)35(60)10-11-61(34,6)62(27,7)16-36(65)75)98-55-43(82)47(39(78)33(18-67)93-55)96-53-41(80)40(79)38(77)32(17-66)92-53/h8,25,28-57,66-70,72-84,86H,9-24H2,1-7H3/t25-,28+,29-,30-,31+,32+,33+,34+,35-,36+,37-,38+,39+,40-,41+,42+,43+,44+,45-,46-,47-,48-,49+,50-,51-,52-,53-,54-,55-,56-,57-,60+,61+,62+,64+,65+/m0/s1.